The van der Waals surface area contributed by atoms with Crippen LogP contribution >= 0.6 is 0 Å². The molecule has 170 valence electrons. The molecule has 34 heavy (non-hydrogen) atoms. The van der Waals surface area contributed by atoms with Gasteiger partial charge in [0.15, 0.2) is 0 Å². The first-order valence-electron chi connectivity index (χ1n) is 11.2. The van der Waals surface area contributed by atoms with Gasteiger partial charge in [-0.05, 0) is 49.6 Å². The Bertz CT molecular complexity index is 1350. The van der Waals surface area contributed by atoms with Crippen molar-refractivity contribution < 1.29 is 9.59 Å². The zero-order chi connectivity index (χ0) is 23.5. The number of likely N-dealkylation sites (tertiary alicyclic amines) is 1. The summed E-state index contributed by atoms with van der Waals surface area (Å²) in [5, 5.41) is 2.79. The van der Waals surface area contributed by atoms with Crippen LogP contribution < -0.4 is 5.32 Å². The minimum Gasteiger partial charge on any atom is -0.329 e. The lowest BCUT2D eigenvalue weighted by Crippen LogP contribution is -2.38. The van der Waals surface area contributed by atoms with Crippen LogP contribution in [0.4, 0.5) is 5.82 Å². The smallest absolute Gasteiger partial charge is 0.256 e. The molecular formula is C26H24N6O2. The van der Waals surface area contributed by atoms with E-state index in [2.05, 4.69) is 21.9 Å². The van der Waals surface area contributed by atoms with Crippen LogP contribution in [0.25, 0.3) is 16.8 Å². The number of anilines is 1. The molecule has 1 unspecified atom stereocenters. The second kappa shape index (κ2) is 9.27. The zero-order valence-corrected chi connectivity index (χ0v) is 18.6. The summed E-state index contributed by atoms with van der Waals surface area (Å²) >= 11 is 0. The Hall–Kier alpha value is -4.33. The lowest BCUT2D eigenvalue weighted by molar-refractivity contribution is -0.129. The average molecular weight is 453 g/mol. The van der Waals surface area contributed by atoms with E-state index in [1.165, 1.54) is 6.08 Å². The number of aromatic nitrogens is 4. The molecule has 0 bridgehead atoms. The number of carbonyl (C=O) groups is 2. The quantitative estimate of drug-likeness (QED) is 0.456. The summed E-state index contributed by atoms with van der Waals surface area (Å²) in [4.78, 5) is 40.3. The van der Waals surface area contributed by atoms with Crippen LogP contribution in [0.5, 0.6) is 0 Å². The summed E-state index contributed by atoms with van der Waals surface area (Å²) in [5.41, 5.74) is 2.99. The molecule has 1 aliphatic rings. The molecule has 8 heteroatoms. The molecule has 5 rings (SSSR count). The normalized spacial score (nSPS) is 15.8. The number of carbonyl (C=O) groups excluding carboxylic acids is 2. The number of fused-ring (bicyclic) bond motifs is 1. The average Bonchev–Trinajstić information content (AvgIpc) is 3.28. The van der Waals surface area contributed by atoms with E-state index in [0.29, 0.717) is 17.9 Å². The fraction of sp³-hybridized carbons (Fsp3) is 0.192. The number of nitrogens with one attached hydrogen (secondary N) is 1. The van der Waals surface area contributed by atoms with Crippen LogP contribution in [0.3, 0.4) is 0 Å². The molecule has 1 aromatic carbocycles. The largest absolute Gasteiger partial charge is 0.329 e. The van der Waals surface area contributed by atoms with Crippen molar-refractivity contribution in [3.05, 3.63) is 91.3 Å². The first-order chi connectivity index (χ1) is 16.7. The van der Waals surface area contributed by atoms with Gasteiger partial charge in [0.25, 0.3) is 5.91 Å². The molecule has 8 nitrogen and oxygen atoms in total. The van der Waals surface area contributed by atoms with Crippen molar-refractivity contribution >= 4 is 23.1 Å². The second-order valence-electron chi connectivity index (χ2n) is 8.14. The number of rotatable bonds is 5. The van der Waals surface area contributed by atoms with Gasteiger partial charge in [-0.15, -0.1) is 0 Å². The highest BCUT2D eigenvalue weighted by atomic mass is 16.2. The SMILES string of the molecule is C=CC(=O)N1CCCCC1c1nc(-c2ccc(C(=O)Nc3ccccn3)cc2)c2cnccn12. The number of piperidine rings is 1. The van der Waals surface area contributed by atoms with E-state index >= 15 is 0 Å². The fourth-order valence-corrected chi connectivity index (χ4v) is 4.40. The third-order valence-corrected chi connectivity index (χ3v) is 6.06. The summed E-state index contributed by atoms with van der Waals surface area (Å²) in [6, 6.07) is 12.5. The van der Waals surface area contributed by atoms with Crippen LogP contribution in [0.15, 0.2) is 79.9 Å². The van der Waals surface area contributed by atoms with Gasteiger partial charge in [0.05, 0.1) is 23.4 Å². The molecule has 2 amide bonds. The van der Waals surface area contributed by atoms with Gasteiger partial charge < -0.3 is 10.2 Å². The number of benzene rings is 1. The van der Waals surface area contributed by atoms with Crippen LogP contribution in [-0.4, -0.2) is 42.6 Å². The van der Waals surface area contributed by atoms with Crippen molar-refractivity contribution in [2.45, 2.75) is 25.3 Å². The number of hydrogen-bond donors (Lipinski definition) is 1. The molecule has 1 aliphatic heterocycles. The number of nitrogens with zero attached hydrogens (tertiary/aromatic N) is 5. The molecule has 1 atom stereocenters. The summed E-state index contributed by atoms with van der Waals surface area (Å²) < 4.78 is 2.00. The molecular weight excluding hydrogens is 428 g/mol. The predicted molar refractivity (Wildman–Crippen MR) is 129 cm³/mol. The third kappa shape index (κ3) is 4.05. The van der Waals surface area contributed by atoms with Crippen molar-refractivity contribution in [1.82, 2.24) is 24.3 Å². The minimum absolute atomic E-state index is 0.0830. The topological polar surface area (TPSA) is 92.5 Å². The first-order valence-corrected chi connectivity index (χ1v) is 11.2. The number of imidazole rings is 1. The maximum absolute atomic E-state index is 12.6. The Kier molecular flexibility index (Phi) is 5.86. The Balaban J connectivity index is 1.48. The molecule has 1 fully saturated rings. The summed E-state index contributed by atoms with van der Waals surface area (Å²) in [5.74, 6) is 0.987. The van der Waals surface area contributed by atoms with Gasteiger partial charge in [-0.2, -0.15) is 0 Å². The lowest BCUT2D eigenvalue weighted by Gasteiger charge is -2.34. The molecule has 3 aromatic heterocycles. The zero-order valence-electron chi connectivity index (χ0n) is 18.6. The molecule has 4 heterocycles. The summed E-state index contributed by atoms with van der Waals surface area (Å²) in [6.45, 7) is 4.35. The Morgan fingerprint density at radius 3 is 2.71 bits per heavy atom. The number of pyridine rings is 1. The monoisotopic (exact) mass is 452 g/mol. The maximum atomic E-state index is 12.6. The molecule has 0 aliphatic carbocycles. The van der Waals surface area contributed by atoms with Crippen LogP contribution in [-0.2, 0) is 4.79 Å². The van der Waals surface area contributed by atoms with Crippen LogP contribution in [0, 0.1) is 0 Å². The van der Waals surface area contributed by atoms with Gasteiger partial charge >= 0.3 is 0 Å². The maximum Gasteiger partial charge on any atom is 0.256 e. The van der Waals surface area contributed by atoms with Crippen molar-refractivity contribution in [1.29, 1.82) is 0 Å². The number of hydrogen-bond acceptors (Lipinski definition) is 5. The van der Waals surface area contributed by atoms with Crippen LogP contribution in [0.2, 0.25) is 0 Å². The molecule has 0 spiro atoms. The standard InChI is InChI=1S/C26H24N6O2/c1-2-23(33)31-15-6-4-7-20(31)25-30-24(21-17-27-14-16-32(21)25)18-9-11-19(12-10-18)26(34)29-22-8-3-5-13-28-22/h2-3,5,8-14,16-17,20H,1,4,6-7,15H2,(H,28,29,34). The van der Waals surface area contributed by atoms with Crippen molar-refractivity contribution in [2.75, 3.05) is 11.9 Å². The molecule has 0 radical (unpaired) electrons. The van der Waals surface area contributed by atoms with E-state index in [0.717, 1.165) is 41.9 Å². The van der Waals surface area contributed by atoms with Crippen molar-refractivity contribution in [3.63, 3.8) is 0 Å². The molecule has 1 saturated heterocycles. The van der Waals surface area contributed by atoms with E-state index in [1.807, 2.05) is 33.7 Å². The van der Waals surface area contributed by atoms with E-state index in [1.54, 1.807) is 42.9 Å². The summed E-state index contributed by atoms with van der Waals surface area (Å²) in [6.07, 6.45) is 11.2. The van der Waals surface area contributed by atoms with Gasteiger partial charge in [-0.25, -0.2) is 9.97 Å². The van der Waals surface area contributed by atoms with E-state index in [4.69, 9.17) is 4.98 Å². The van der Waals surface area contributed by atoms with Gasteiger partial charge in [-0.1, -0.05) is 24.8 Å². The molecule has 0 saturated carbocycles. The second-order valence-corrected chi connectivity index (χ2v) is 8.14. The van der Waals surface area contributed by atoms with E-state index in [-0.39, 0.29) is 17.9 Å². The van der Waals surface area contributed by atoms with Gasteiger partial charge in [0.1, 0.15) is 11.6 Å². The fourth-order valence-electron chi connectivity index (χ4n) is 4.40. The number of amides is 2. The van der Waals surface area contributed by atoms with Gasteiger partial charge in [-0.3, -0.25) is 19.0 Å². The van der Waals surface area contributed by atoms with Gasteiger partial charge in [0, 0.05) is 36.3 Å². The Morgan fingerprint density at radius 2 is 1.94 bits per heavy atom. The predicted octanol–water partition coefficient (Wildman–Crippen LogP) is 4.28. The highest BCUT2D eigenvalue weighted by Gasteiger charge is 2.31. The summed E-state index contributed by atoms with van der Waals surface area (Å²) in [7, 11) is 0. The Morgan fingerprint density at radius 1 is 1.09 bits per heavy atom. The first kappa shape index (κ1) is 21.5. The van der Waals surface area contributed by atoms with Crippen LogP contribution in [0.1, 0.15) is 41.5 Å². The highest BCUT2D eigenvalue weighted by molar-refractivity contribution is 6.04. The minimum atomic E-state index is -0.233. The van der Waals surface area contributed by atoms with E-state index in [9.17, 15) is 9.59 Å². The molecule has 1 N–H and O–H groups in total. The Labute approximate surface area is 197 Å². The van der Waals surface area contributed by atoms with Crippen molar-refractivity contribution in [3.8, 4) is 11.3 Å². The molecule has 4 aromatic rings. The third-order valence-electron chi connectivity index (χ3n) is 6.06. The van der Waals surface area contributed by atoms with E-state index < -0.39 is 0 Å². The van der Waals surface area contributed by atoms with Gasteiger partial charge in [0.2, 0.25) is 5.91 Å². The lowest BCUT2D eigenvalue weighted by atomic mass is 10.0. The van der Waals surface area contributed by atoms with Crippen molar-refractivity contribution in [2.24, 2.45) is 0 Å². The highest BCUT2D eigenvalue weighted by Crippen LogP contribution is 2.34.